The second-order valence-corrected chi connectivity index (χ2v) is 3.45. The van der Waals surface area contributed by atoms with Gasteiger partial charge in [-0.1, -0.05) is 6.07 Å². The van der Waals surface area contributed by atoms with Crippen molar-refractivity contribution in [3.8, 4) is 28.6 Å². The zero-order chi connectivity index (χ0) is 13.0. The quantitative estimate of drug-likeness (QED) is 0.827. The molecular formula is C13H14N2O3. The van der Waals surface area contributed by atoms with Crippen LogP contribution in [0.3, 0.4) is 0 Å². The monoisotopic (exact) mass is 246 g/mol. The van der Waals surface area contributed by atoms with Crippen LogP contribution in [0.4, 0.5) is 0 Å². The highest BCUT2D eigenvalue weighted by Crippen LogP contribution is 2.40. The van der Waals surface area contributed by atoms with Crippen molar-refractivity contribution in [3.63, 3.8) is 0 Å². The first-order valence-corrected chi connectivity index (χ1v) is 5.38. The summed E-state index contributed by atoms with van der Waals surface area (Å²) in [6, 6.07) is 5.53. The van der Waals surface area contributed by atoms with E-state index in [2.05, 4.69) is 9.97 Å². The van der Waals surface area contributed by atoms with Gasteiger partial charge in [0.2, 0.25) is 5.88 Å². The minimum atomic E-state index is 0.431. The second-order valence-electron chi connectivity index (χ2n) is 3.45. The smallest absolute Gasteiger partial charge is 0.240 e. The molecule has 94 valence electrons. The van der Waals surface area contributed by atoms with E-state index in [4.69, 9.17) is 14.2 Å². The molecule has 0 atom stereocenters. The zero-order valence-corrected chi connectivity index (χ0v) is 10.5. The fraction of sp³-hybridized carbons (Fsp3) is 0.231. The summed E-state index contributed by atoms with van der Waals surface area (Å²) < 4.78 is 15.9. The van der Waals surface area contributed by atoms with Crippen molar-refractivity contribution in [2.75, 3.05) is 21.3 Å². The highest BCUT2D eigenvalue weighted by molar-refractivity contribution is 5.77. The summed E-state index contributed by atoms with van der Waals surface area (Å²) in [5.41, 5.74) is 1.32. The molecule has 0 N–H and O–H groups in total. The third-order valence-electron chi connectivity index (χ3n) is 2.52. The molecule has 0 saturated carbocycles. The maximum atomic E-state index is 5.34. The van der Waals surface area contributed by atoms with E-state index in [0.717, 1.165) is 5.56 Å². The minimum absolute atomic E-state index is 0.431. The molecule has 5 nitrogen and oxygen atoms in total. The lowest BCUT2D eigenvalue weighted by Crippen LogP contribution is -1.98. The van der Waals surface area contributed by atoms with Gasteiger partial charge in [-0.15, -0.1) is 0 Å². The molecular weight excluding hydrogens is 232 g/mol. The normalized spacial score (nSPS) is 9.94. The first-order chi connectivity index (χ1) is 8.81. The Bertz CT molecular complexity index is 521. The van der Waals surface area contributed by atoms with Gasteiger partial charge in [-0.25, -0.2) is 9.97 Å². The molecule has 5 heteroatoms. The van der Waals surface area contributed by atoms with Crippen molar-refractivity contribution >= 4 is 0 Å². The van der Waals surface area contributed by atoms with Crippen molar-refractivity contribution in [1.29, 1.82) is 0 Å². The van der Waals surface area contributed by atoms with Gasteiger partial charge >= 0.3 is 0 Å². The number of hydrogen-bond donors (Lipinski definition) is 0. The van der Waals surface area contributed by atoms with E-state index in [9.17, 15) is 0 Å². The first kappa shape index (κ1) is 12.2. The molecule has 0 amide bonds. The average molecular weight is 246 g/mol. The molecule has 0 radical (unpaired) electrons. The van der Waals surface area contributed by atoms with Gasteiger partial charge in [0.15, 0.2) is 0 Å². The summed E-state index contributed by atoms with van der Waals surface area (Å²) in [4.78, 5) is 8.42. The van der Waals surface area contributed by atoms with Gasteiger partial charge in [-0.3, -0.25) is 0 Å². The molecule has 0 aliphatic heterocycles. The molecule has 2 aromatic rings. The lowest BCUT2D eigenvalue weighted by molar-refractivity contribution is 0.388. The Hall–Kier alpha value is -2.30. The maximum absolute atomic E-state index is 5.34. The van der Waals surface area contributed by atoms with E-state index in [1.54, 1.807) is 33.7 Å². The SMILES string of the molecule is COc1cccc(OC)c1-c1nccnc1OC. The topological polar surface area (TPSA) is 53.5 Å². The molecule has 1 aromatic heterocycles. The third-order valence-corrected chi connectivity index (χ3v) is 2.52. The van der Waals surface area contributed by atoms with Gasteiger partial charge in [-0.2, -0.15) is 0 Å². The van der Waals surface area contributed by atoms with E-state index in [1.807, 2.05) is 18.2 Å². The lowest BCUT2D eigenvalue weighted by atomic mass is 10.1. The van der Waals surface area contributed by atoms with Gasteiger partial charge in [0.25, 0.3) is 0 Å². The number of methoxy groups -OCH3 is 3. The van der Waals surface area contributed by atoms with Crippen LogP contribution < -0.4 is 14.2 Å². The van der Waals surface area contributed by atoms with Gasteiger partial charge in [0.1, 0.15) is 17.2 Å². The molecule has 0 fully saturated rings. The van der Waals surface area contributed by atoms with E-state index in [1.165, 1.54) is 0 Å². The standard InChI is InChI=1S/C13H14N2O3/c1-16-9-5-4-6-10(17-2)11(9)12-13(18-3)15-8-7-14-12/h4-8H,1-3H3. The predicted molar refractivity (Wildman–Crippen MR) is 67.1 cm³/mol. The average Bonchev–Trinajstić information content (AvgIpc) is 2.46. The molecule has 18 heavy (non-hydrogen) atoms. The number of aromatic nitrogens is 2. The molecule has 1 heterocycles. The van der Waals surface area contributed by atoms with Gasteiger partial charge in [0, 0.05) is 12.4 Å². The van der Waals surface area contributed by atoms with E-state index in [0.29, 0.717) is 23.1 Å². The minimum Gasteiger partial charge on any atom is -0.496 e. The van der Waals surface area contributed by atoms with Crippen molar-refractivity contribution in [1.82, 2.24) is 9.97 Å². The van der Waals surface area contributed by atoms with Crippen molar-refractivity contribution in [3.05, 3.63) is 30.6 Å². The Morgan fingerprint density at radius 1 is 0.833 bits per heavy atom. The summed E-state index contributed by atoms with van der Waals surface area (Å²) in [6.07, 6.45) is 3.17. The van der Waals surface area contributed by atoms with Crippen LogP contribution in [0.1, 0.15) is 0 Å². The molecule has 0 spiro atoms. The molecule has 1 aromatic carbocycles. The second kappa shape index (κ2) is 5.35. The van der Waals surface area contributed by atoms with Crippen LogP contribution in [0.2, 0.25) is 0 Å². The number of rotatable bonds is 4. The van der Waals surface area contributed by atoms with Crippen LogP contribution in [0.15, 0.2) is 30.6 Å². The Morgan fingerprint density at radius 3 is 2.00 bits per heavy atom. The van der Waals surface area contributed by atoms with E-state index >= 15 is 0 Å². The van der Waals surface area contributed by atoms with Gasteiger partial charge in [-0.05, 0) is 12.1 Å². The summed E-state index contributed by atoms with van der Waals surface area (Å²) in [5.74, 6) is 1.75. The van der Waals surface area contributed by atoms with Crippen LogP contribution in [0, 0.1) is 0 Å². The van der Waals surface area contributed by atoms with Gasteiger partial charge < -0.3 is 14.2 Å². The van der Waals surface area contributed by atoms with Crippen molar-refractivity contribution < 1.29 is 14.2 Å². The molecule has 0 aliphatic rings. The zero-order valence-electron chi connectivity index (χ0n) is 10.5. The van der Waals surface area contributed by atoms with E-state index < -0.39 is 0 Å². The molecule has 0 unspecified atom stereocenters. The molecule has 0 aliphatic carbocycles. The van der Waals surface area contributed by atoms with Crippen LogP contribution in [0.25, 0.3) is 11.3 Å². The molecule has 0 saturated heterocycles. The number of ether oxygens (including phenoxy) is 3. The van der Waals surface area contributed by atoms with Crippen LogP contribution in [0.5, 0.6) is 17.4 Å². The van der Waals surface area contributed by atoms with Gasteiger partial charge in [0.05, 0.1) is 26.9 Å². The summed E-state index contributed by atoms with van der Waals surface area (Å²) in [6.45, 7) is 0. The largest absolute Gasteiger partial charge is 0.496 e. The summed E-state index contributed by atoms with van der Waals surface area (Å²) >= 11 is 0. The predicted octanol–water partition coefficient (Wildman–Crippen LogP) is 2.17. The molecule has 0 bridgehead atoms. The number of benzene rings is 1. The van der Waals surface area contributed by atoms with E-state index in [-0.39, 0.29) is 0 Å². The third kappa shape index (κ3) is 2.07. The number of nitrogens with zero attached hydrogens (tertiary/aromatic N) is 2. The van der Waals surface area contributed by atoms with Crippen LogP contribution >= 0.6 is 0 Å². The first-order valence-electron chi connectivity index (χ1n) is 5.38. The Balaban J connectivity index is 2.68. The Labute approximate surface area is 105 Å². The maximum Gasteiger partial charge on any atom is 0.240 e. The summed E-state index contributed by atoms with van der Waals surface area (Å²) in [5, 5.41) is 0. The summed E-state index contributed by atoms with van der Waals surface area (Å²) in [7, 11) is 4.75. The fourth-order valence-electron chi connectivity index (χ4n) is 1.73. The van der Waals surface area contributed by atoms with Crippen molar-refractivity contribution in [2.45, 2.75) is 0 Å². The number of hydrogen-bond acceptors (Lipinski definition) is 5. The molecule has 2 rings (SSSR count). The van der Waals surface area contributed by atoms with Crippen LogP contribution in [-0.2, 0) is 0 Å². The highest BCUT2D eigenvalue weighted by Gasteiger charge is 2.18. The van der Waals surface area contributed by atoms with Crippen molar-refractivity contribution in [2.24, 2.45) is 0 Å². The Kier molecular flexibility index (Phi) is 3.62. The highest BCUT2D eigenvalue weighted by atomic mass is 16.5. The Morgan fingerprint density at radius 2 is 1.44 bits per heavy atom. The lowest BCUT2D eigenvalue weighted by Gasteiger charge is -2.13. The fourth-order valence-corrected chi connectivity index (χ4v) is 1.73. The van der Waals surface area contributed by atoms with Crippen LogP contribution in [-0.4, -0.2) is 31.3 Å².